The number of benzene rings is 1. The van der Waals surface area contributed by atoms with E-state index in [0.717, 1.165) is 0 Å². The molecule has 2 amide bonds. The van der Waals surface area contributed by atoms with Crippen molar-refractivity contribution in [2.75, 3.05) is 36.4 Å². The van der Waals surface area contributed by atoms with E-state index >= 15 is 0 Å². The molecule has 0 bridgehead atoms. The van der Waals surface area contributed by atoms with Gasteiger partial charge in [0.2, 0.25) is 5.95 Å². The number of amides is 2. The second-order valence-corrected chi connectivity index (χ2v) is 6.68. The Morgan fingerprint density at radius 2 is 1.66 bits per heavy atom. The molecule has 4 rings (SSSR count). The van der Waals surface area contributed by atoms with Gasteiger partial charge in [0, 0.05) is 55.8 Å². The molecule has 9 nitrogen and oxygen atoms in total. The lowest BCUT2D eigenvalue weighted by Crippen LogP contribution is -2.49. The zero-order valence-electron chi connectivity index (χ0n) is 15.9. The molecule has 1 aliphatic heterocycles. The minimum Gasteiger partial charge on any atom is -0.360 e. The van der Waals surface area contributed by atoms with Crippen LogP contribution < -0.4 is 10.2 Å². The second-order valence-electron chi connectivity index (χ2n) is 6.68. The zero-order valence-corrected chi connectivity index (χ0v) is 15.9. The fourth-order valence-electron chi connectivity index (χ4n) is 3.12. The van der Waals surface area contributed by atoms with Gasteiger partial charge in [-0.3, -0.25) is 9.59 Å². The molecule has 0 radical (unpaired) electrons. The fourth-order valence-corrected chi connectivity index (χ4v) is 3.12. The van der Waals surface area contributed by atoms with E-state index in [1.165, 1.54) is 0 Å². The van der Waals surface area contributed by atoms with Crippen LogP contribution in [0, 0.1) is 6.92 Å². The van der Waals surface area contributed by atoms with E-state index in [2.05, 4.69) is 25.3 Å². The van der Waals surface area contributed by atoms with E-state index in [4.69, 9.17) is 4.52 Å². The molecule has 0 spiro atoms. The SMILES string of the molecule is Cc1cc(NC(=O)c2ccc(C(=O)N3CCN(c4ncccn4)CC3)cc2)no1. The third kappa shape index (κ3) is 4.23. The highest BCUT2D eigenvalue weighted by Gasteiger charge is 2.23. The average molecular weight is 392 g/mol. The predicted molar refractivity (Wildman–Crippen MR) is 106 cm³/mol. The van der Waals surface area contributed by atoms with E-state index in [9.17, 15) is 9.59 Å². The third-order valence-corrected chi connectivity index (χ3v) is 4.67. The first-order valence-electron chi connectivity index (χ1n) is 9.26. The highest BCUT2D eigenvalue weighted by atomic mass is 16.5. The molecule has 1 aliphatic rings. The largest absolute Gasteiger partial charge is 0.360 e. The van der Waals surface area contributed by atoms with Crippen molar-refractivity contribution in [1.82, 2.24) is 20.0 Å². The summed E-state index contributed by atoms with van der Waals surface area (Å²) in [6.07, 6.45) is 3.42. The van der Waals surface area contributed by atoms with Crippen LogP contribution in [0.3, 0.4) is 0 Å². The van der Waals surface area contributed by atoms with Crippen LogP contribution in [0.15, 0.2) is 53.3 Å². The summed E-state index contributed by atoms with van der Waals surface area (Å²) in [6.45, 7) is 4.27. The first kappa shape index (κ1) is 18.6. The summed E-state index contributed by atoms with van der Waals surface area (Å²) in [7, 11) is 0. The molecule has 0 atom stereocenters. The van der Waals surface area contributed by atoms with Crippen molar-refractivity contribution in [3.8, 4) is 0 Å². The lowest BCUT2D eigenvalue weighted by atomic mass is 10.1. The van der Waals surface area contributed by atoms with Gasteiger partial charge in [0.15, 0.2) is 5.82 Å². The van der Waals surface area contributed by atoms with Gasteiger partial charge in [0.1, 0.15) is 5.76 Å². The first-order chi connectivity index (χ1) is 14.1. The maximum atomic E-state index is 12.8. The van der Waals surface area contributed by atoms with Gasteiger partial charge in [0.25, 0.3) is 11.8 Å². The Bertz CT molecular complexity index is 995. The van der Waals surface area contributed by atoms with Gasteiger partial charge in [-0.25, -0.2) is 9.97 Å². The quantitative estimate of drug-likeness (QED) is 0.724. The highest BCUT2D eigenvalue weighted by molar-refractivity contribution is 6.04. The summed E-state index contributed by atoms with van der Waals surface area (Å²) < 4.78 is 4.93. The molecule has 148 valence electrons. The second kappa shape index (κ2) is 8.09. The maximum absolute atomic E-state index is 12.8. The van der Waals surface area contributed by atoms with E-state index in [1.807, 2.05) is 0 Å². The molecule has 1 fully saturated rings. The van der Waals surface area contributed by atoms with E-state index in [-0.39, 0.29) is 11.8 Å². The fraction of sp³-hybridized carbons (Fsp3) is 0.250. The molecule has 29 heavy (non-hydrogen) atoms. The number of nitrogens with zero attached hydrogens (tertiary/aromatic N) is 5. The van der Waals surface area contributed by atoms with Crippen LogP contribution in [0.4, 0.5) is 11.8 Å². The predicted octanol–water partition coefficient (Wildman–Crippen LogP) is 1.99. The van der Waals surface area contributed by atoms with Gasteiger partial charge < -0.3 is 19.6 Å². The average Bonchev–Trinajstić information content (AvgIpc) is 3.18. The molecular formula is C20H20N6O3. The van der Waals surface area contributed by atoms with Crippen LogP contribution in [0.5, 0.6) is 0 Å². The van der Waals surface area contributed by atoms with Crippen LogP contribution >= 0.6 is 0 Å². The van der Waals surface area contributed by atoms with Crippen molar-refractivity contribution in [1.29, 1.82) is 0 Å². The van der Waals surface area contributed by atoms with Crippen LogP contribution in [0.25, 0.3) is 0 Å². The molecule has 0 aliphatic carbocycles. The van der Waals surface area contributed by atoms with Gasteiger partial charge in [-0.2, -0.15) is 0 Å². The zero-order chi connectivity index (χ0) is 20.2. The minimum atomic E-state index is -0.311. The summed E-state index contributed by atoms with van der Waals surface area (Å²) in [5.74, 6) is 1.27. The number of rotatable bonds is 4. The molecule has 0 saturated carbocycles. The Morgan fingerprint density at radius 1 is 1.00 bits per heavy atom. The highest BCUT2D eigenvalue weighted by Crippen LogP contribution is 2.14. The van der Waals surface area contributed by atoms with Crippen LogP contribution in [0.2, 0.25) is 0 Å². The van der Waals surface area contributed by atoms with Crippen molar-refractivity contribution in [2.24, 2.45) is 0 Å². The molecule has 1 aromatic carbocycles. The van der Waals surface area contributed by atoms with Crippen molar-refractivity contribution in [3.63, 3.8) is 0 Å². The number of carbonyl (C=O) groups excluding carboxylic acids is 2. The van der Waals surface area contributed by atoms with Gasteiger partial charge in [0.05, 0.1) is 0 Å². The van der Waals surface area contributed by atoms with Crippen LogP contribution in [0.1, 0.15) is 26.5 Å². The van der Waals surface area contributed by atoms with Crippen molar-refractivity contribution in [3.05, 3.63) is 65.7 Å². The number of nitrogens with one attached hydrogen (secondary N) is 1. The summed E-state index contributed by atoms with van der Waals surface area (Å²) in [5, 5.41) is 6.39. The third-order valence-electron chi connectivity index (χ3n) is 4.67. The molecular weight excluding hydrogens is 372 g/mol. The van der Waals surface area contributed by atoms with E-state index < -0.39 is 0 Å². The number of hydrogen-bond donors (Lipinski definition) is 1. The summed E-state index contributed by atoms with van der Waals surface area (Å²) in [5.41, 5.74) is 0.983. The Balaban J connectivity index is 1.35. The van der Waals surface area contributed by atoms with E-state index in [1.54, 1.807) is 60.6 Å². The lowest BCUT2D eigenvalue weighted by molar-refractivity contribution is 0.0745. The number of carbonyl (C=O) groups is 2. The van der Waals surface area contributed by atoms with Gasteiger partial charge in [-0.1, -0.05) is 5.16 Å². The number of piperazine rings is 1. The maximum Gasteiger partial charge on any atom is 0.256 e. The summed E-state index contributed by atoms with van der Waals surface area (Å²) >= 11 is 0. The monoisotopic (exact) mass is 392 g/mol. The molecule has 2 aromatic heterocycles. The van der Waals surface area contributed by atoms with Crippen molar-refractivity contribution >= 4 is 23.6 Å². The van der Waals surface area contributed by atoms with Gasteiger partial charge in [-0.05, 0) is 37.3 Å². The molecule has 3 heterocycles. The topological polar surface area (TPSA) is 104 Å². The van der Waals surface area contributed by atoms with E-state index in [0.29, 0.717) is 54.8 Å². The van der Waals surface area contributed by atoms with Crippen LogP contribution in [-0.2, 0) is 0 Å². The number of aryl methyl sites for hydroxylation is 1. The standard InChI is InChI=1S/C20H20N6O3/c1-14-13-17(24-29-14)23-18(27)15-3-5-16(6-4-15)19(28)25-9-11-26(12-10-25)20-21-7-2-8-22-20/h2-8,13H,9-12H2,1H3,(H,23,24,27). The minimum absolute atomic E-state index is 0.0577. The Labute approximate surface area is 167 Å². The van der Waals surface area contributed by atoms with Crippen molar-refractivity contribution < 1.29 is 14.1 Å². The smallest absolute Gasteiger partial charge is 0.256 e. The molecule has 1 N–H and O–H groups in total. The number of hydrogen-bond acceptors (Lipinski definition) is 7. The number of aromatic nitrogens is 3. The van der Waals surface area contributed by atoms with Gasteiger partial charge in [-0.15, -0.1) is 0 Å². The Hall–Kier alpha value is -3.75. The normalized spacial score (nSPS) is 14.0. The molecule has 9 heteroatoms. The summed E-state index contributed by atoms with van der Waals surface area (Å²) in [4.78, 5) is 37.4. The number of anilines is 2. The lowest BCUT2D eigenvalue weighted by Gasteiger charge is -2.34. The Morgan fingerprint density at radius 3 is 2.28 bits per heavy atom. The molecule has 3 aromatic rings. The molecule has 0 unspecified atom stereocenters. The van der Waals surface area contributed by atoms with Gasteiger partial charge >= 0.3 is 0 Å². The Kier molecular flexibility index (Phi) is 5.19. The van der Waals surface area contributed by atoms with Crippen molar-refractivity contribution in [2.45, 2.75) is 6.92 Å². The first-order valence-corrected chi connectivity index (χ1v) is 9.26. The van der Waals surface area contributed by atoms with Crippen LogP contribution in [-0.4, -0.2) is 58.0 Å². The summed E-state index contributed by atoms with van der Waals surface area (Å²) in [6, 6.07) is 10.00. The molecule has 1 saturated heterocycles.